The first-order chi connectivity index (χ1) is 7.58. The van der Waals surface area contributed by atoms with Gasteiger partial charge in [-0.3, -0.25) is 0 Å². The van der Waals surface area contributed by atoms with E-state index in [4.69, 9.17) is 0 Å². The molecule has 1 heteroatoms. The normalized spacial score (nSPS) is 13.8. The van der Waals surface area contributed by atoms with Gasteiger partial charge in [-0.25, -0.2) is 0 Å². The van der Waals surface area contributed by atoms with Crippen molar-refractivity contribution in [2.75, 3.05) is 0 Å². The predicted octanol–water partition coefficient (Wildman–Crippen LogP) is 5.45. The van der Waals surface area contributed by atoms with E-state index in [-0.39, 0.29) is 0 Å². The second-order valence-corrected chi connectivity index (χ2v) is 24.7. The average molecular weight is 339 g/mol. The van der Waals surface area contributed by atoms with E-state index in [0.717, 1.165) is 0 Å². The van der Waals surface area contributed by atoms with Crippen molar-refractivity contribution in [2.45, 2.75) is 57.8 Å². The Bertz CT molecular complexity index is 337. The quantitative estimate of drug-likeness (QED) is 0.629. The molecule has 1 aromatic carbocycles. The molecule has 0 radical (unpaired) electrons. The van der Waals surface area contributed by atoms with Gasteiger partial charge in [-0.1, -0.05) is 0 Å². The summed E-state index contributed by atoms with van der Waals surface area (Å²) in [6.07, 6.45) is 0. The first-order valence-electron chi connectivity index (χ1n) is 6.62. The van der Waals surface area contributed by atoms with Crippen molar-refractivity contribution in [2.24, 2.45) is 0 Å². The second kappa shape index (κ2) is 4.95. The van der Waals surface area contributed by atoms with Crippen LogP contribution in [0.2, 0.25) is 11.8 Å². The first-order valence-corrected chi connectivity index (χ1v) is 14.3. The van der Waals surface area contributed by atoms with Crippen molar-refractivity contribution in [1.82, 2.24) is 0 Å². The van der Waals surface area contributed by atoms with Crippen LogP contribution < -0.4 is 0 Å². The number of hydrogen-bond donors (Lipinski definition) is 0. The van der Waals surface area contributed by atoms with Crippen molar-refractivity contribution in [1.29, 1.82) is 0 Å². The summed E-state index contributed by atoms with van der Waals surface area (Å²) in [6.45, 7) is 14.7. The van der Waals surface area contributed by atoms with Crippen LogP contribution in [-0.2, 0) is 4.44 Å². The second-order valence-electron chi connectivity index (χ2n) is 7.49. The van der Waals surface area contributed by atoms with Crippen LogP contribution in [0.3, 0.4) is 0 Å². The van der Waals surface area contributed by atoms with Gasteiger partial charge in [0, 0.05) is 0 Å². The van der Waals surface area contributed by atoms with E-state index in [1.807, 2.05) is 0 Å². The topological polar surface area (TPSA) is 0 Å². The third-order valence-corrected chi connectivity index (χ3v) is 26.8. The fourth-order valence-corrected chi connectivity index (χ4v) is 15.1. The van der Waals surface area contributed by atoms with Gasteiger partial charge in [0.25, 0.3) is 0 Å². The van der Waals surface area contributed by atoms with Gasteiger partial charge in [-0.15, -0.1) is 0 Å². The van der Waals surface area contributed by atoms with Gasteiger partial charge < -0.3 is 0 Å². The molecule has 0 aliphatic rings. The van der Waals surface area contributed by atoms with E-state index < -0.39 is 18.4 Å². The third kappa shape index (κ3) is 3.27. The molecule has 0 heterocycles. The van der Waals surface area contributed by atoms with Crippen LogP contribution in [0.4, 0.5) is 0 Å². The minimum atomic E-state index is -2.25. The van der Waals surface area contributed by atoms with E-state index in [1.54, 1.807) is 0 Å². The molecule has 1 aromatic rings. The predicted molar refractivity (Wildman–Crippen MR) is 81.2 cm³/mol. The van der Waals surface area contributed by atoms with Crippen molar-refractivity contribution >= 4 is 18.4 Å². The van der Waals surface area contributed by atoms with Gasteiger partial charge in [0.2, 0.25) is 0 Å². The molecule has 1 rings (SSSR count). The van der Waals surface area contributed by atoms with Gasteiger partial charge in [-0.2, -0.15) is 0 Å². The van der Waals surface area contributed by atoms with Crippen molar-refractivity contribution < 1.29 is 0 Å². The summed E-state index contributed by atoms with van der Waals surface area (Å²) in [5, 5.41) is 0. The molecular weight excluding hydrogens is 311 g/mol. The van der Waals surface area contributed by atoms with Crippen LogP contribution in [-0.4, -0.2) is 18.4 Å². The van der Waals surface area contributed by atoms with Gasteiger partial charge in [0.1, 0.15) is 0 Å². The summed E-state index contributed by atoms with van der Waals surface area (Å²) in [6, 6.07) is 11.1. The van der Waals surface area contributed by atoms with E-state index in [2.05, 4.69) is 76.8 Å². The number of hydrogen-bond acceptors (Lipinski definition) is 0. The molecule has 17 heavy (non-hydrogen) atoms. The fraction of sp³-hybridized carbons (Fsp3) is 0.625. The maximum atomic E-state index is 2.64. The number of rotatable bonds is 2. The first kappa shape index (κ1) is 15.1. The summed E-state index contributed by atoms with van der Waals surface area (Å²) in [4.78, 5) is 2.64. The maximum absolute atomic E-state index is 2.64. The standard InChI is InChI=1S/C7H7.2C4H9.CH3.Sn/c1-7-5-3-2-4-6-7;2*1-4(2)3;;/h2-6H,1H2;2*1-3H3;1H3;. The summed E-state index contributed by atoms with van der Waals surface area (Å²) in [7, 11) is 0. The van der Waals surface area contributed by atoms with Crippen molar-refractivity contribution in [3.05, 3.63) is 35.9 Å². The Hall–Kier alpha value is 0.0187. The monoisotopic (exact) mass is 340 g/mol. The molecule has 0 aliphatic carbocycles. The Kier molecular flexibility index (Phi) is 4.39. The molecule has 0 spiro atoms. The fourth-order valence-electron chi connectivity index (χ4n) is 2.66. The van der Waals surface area contributed by atoms with Gasteiger partial charge in [0.05, 0.1) is 0 Å². The molecule has 0 N–H and O–H groups in total. The van der Waals surface area contributed by atoms with Gasteiger partial charge in [0.15, 0.2) is 0 Å². The van der Waals surface area contributed by atoms with E-state index in [0.29, 0.717) is 6.86 Å². The molecular formula is C16H28Sn. The Morgan fingerprint density at radius 3 is 1.59 bits per heavy atom. The van der Waals surface area contributed by atoms with E-state index >= 15 is 0 Å². The minimum absolute atomic E-state index is 0.503. The van der Waals surface area contributed by atoms with Crippen molar-refractivity contribution in [3.8, 4) is 0 Å². The Balaban J connectivity index is 3.11. The summed E-state index contributed by atoms with van der Waals surface area (Å²) in [5.41, 5.74) is 1.54. The van der Waals surface area contributed by atoms with Crippen LogP contribution in [0.15, 0.2) is 30.3 Å². The molecule has 0 saturated heterocycles. The molecule has 0 saturated carbocycles. The Labute approximate surface area is 112 Å². The molecule has 0 bridgehead atoms. The molecule has 0 unspecified atom stereocenters. The van der Waals surface area contributed by atoms with E-state index in [9.17, 15) is 0 Å². The van der Waals surface area contributed by atoms with Gasteiger partial charge in [-0.05, 0) is 0 Å². The van der Waals surface area contributed by atoms with Crippen LogP contribution in [0.25, 0.3) is 0 Å². The molecule has 0 amide bonds. The third-order valence-electron chi connectivity index (χ3n) is 4.71. The molecule has 0 nitrogen and oxygen atoms in total. The number of benzene rings is 1. The van der Waals surface area contributed by atoms with Crippen LogP contribution in [0.5, 0.6) is 0 Å². The zero-order valence-electron chi connectivity index (χ0n) is 12.6. The summed E-state index contributed by atoms with van der Waals surface area (Å²) >= 11 is -2.25. The zero-order chi connectivity index (χ0) is 13.3. The molecule has 0 atom stereocenters. The molecule has 0 aliphatic heterocycles. The Morgan fingerprint density at radius 2 is 1.24 bits per heavy atom. The molecule has 0 aromatic heterocycles. The Morgan fingerprint density at radius 1 is 0.824 bits per heavy atom. The molecule has 96 valence electrons. The summed E-state index contributed by atoms with van der Waals surface area (Å²) in [5.74, 6) is 0. The molecule has 0 fully saturated rings. The summed E-state index contributed by atoms with van der Waals surface area (Å²) < 4.78 is 2.36. The van der Waals surface area contributed by atoms with Crippen LogP contribution in [0.1, 0.15) is 47.1 Å². The van der Waals surface area contributed by atoms with Crippen LogP contribution >= 0.6 is 0 Å². The SMILES string of the molecule is C[C](C)(C)[Sn]([CH3])([CH2]c1ccccc1)[C](C)(C)C. The van der Waals surface area contributed by atoms with Crippen molar-refractivity contribution in [3.63, 3.8) is 0 Å². The zero-order valence-corrected chi connectivity index (χ0v) is 15.4. The van der Waals surface area contributed by atoms with Gasteiger partial charge >= 0.3 is 112 Å². The van der Waals surface area contributed by atoms with Crippen LogP contribution in [0, 0.1) is 0 Å². The van der Waals surface area contributed by atoms with E-state index in [1.165, 1.54) is 10.0 Å². The average Bonchev–Trinajstić information content (AvgIpc) is 2.15.